The third kappa shape index (κ3) is 4.25. The lowest BCUT2D eigenvalue weighted by Gasteiger charge is -2.18. The molecule has 0 spiro atoms. The van der Waals surface area contributed by atoms with Crippen molar-refractivity contribution in [3.05, 3.63) is 28.4 Å². The highest BCUT2D eigenvalue weighted by Crippen LogP contribution is 2.18. The largest absolute Gasteiger partial charge is 0.382 e. The molecular formula is C11H17N3O2. The second-order valence-electron chi connectivity index (χ2n) is 4.90. The predicted molar refractivity (Wildman–Crippen MR) is 63.5 cm³/mol. The topological polar surface area (TPSA) is 68.1 Å². The Labute approximate surface area is 95.0 Å². The van der Waals surface area contributed by atoms with Gasteiger partial charge >= 0.3 is 5.82 Å². The van der Waals surface area contributed by atoms with E-state index in [0.717, 1.165) is 18.7 Å². The zero-order valence-electron chi connectivity index (χ0n) is 9.86. The second-order valence-corrected chi connectivity index (χ2v) is 4.90. The standard InChI is InChI=1S/C11H17N3O2/c1-11(2,3)6-7-12-9-4-5-10(13-8-9)14(15)16/h4-5,8,12H,6-7H2,1-3H3. The summed E-state index contributed by atoms with van der Waals surface area (Å²) in [6.45, 7) is 7.34. The molecule has 0 atom stereocenters. The molecule has 0 amide bonds. The summed E-state index contributed by atoms with van der Waals surface area (Å²) < 4.78 is 0. The van der Waals surface area contributed by atoms with Gasteiger partial charge in [0.2, 0.25) is 0 Å². The number of hydrogen-bond acceptors (Lipinski definition) is 4. The summed E-state index contributed by atoms with van der Waals surface area (Å²) in [5.74, 6) is -0.124. The van der Waals surface area contributed by atoms with Gasteiger partial charge in [-0.05, 0) is 27.8 Å². The van der Waals surface area contributed by atoms with Crippen LogP contribution in [0.15, 0.2) is 18.3 Å². The molecule has 88 valence electrons. The van der Waals surface area contributed by atoms with E-state index in [2.05, 4.69) is 31.1 Å². The van der Waals surface area contributed by atoms with Gasteiger partial charge in [-0.2, -0.15) is 0 Å². The van der Waals surface area contributed by atoms with E-state index >= 15 is 0 Å². The Kier molecular flexibility index (Phi) is 3.82. The third-order valence-corrected chi connectivity index (χ3v) is 2.14. The molecule has 0 aromatic carbocycles. The predicted octanol–water partition coefficient (Wildman–Crippen LogP) is 2.84. The van der Waals surface area contributed by atoms with Gasteiger partial charge in [-0.1, -0.05) is 20.8 Å². The van der Waals surface area contributed by atoms with Crippen molar-refractivity contribution in [3.8, 4) is 0 Å². The van der Waals surface area contributed by atoms with Crippen LogP contribution in [-0.4, -0.2) is 16.5 Å². The van der Waals surface area contributed by atoms with Crippen molar-refractivity contribution in [2.75, 3.05) is 11.9 Å². The van der Waals surface area contributed by atoms with E-state index in [-0.39, 0.29) is 11.2 Å². The molecule has 0 aliphatic carbocycles. The van der Waals surface area contributed by atoms with Gasteiger partial charge in [-0.25, -0.2) is 0 Å². The smallest absolute Gasteiger partial charge is 0.363 e. The fraction of sp³-hybridized carbons (Fsp3) is 0.545. The monoisotopic (exact) mass is 223 g/mol. The van der Waals surface area contributed by atoms with Gasteiger partial charge < -0.3 is 15.4 Å². The maximum Gasteiger partial charge on any atom is 0.363 e. The summed E-state index contributed by atoms with van der Waals surface area (Å²) in [7, 11) is 0. The first-order valence-electron chi connectivity index (χ1n) is 5.23. The zero-order valence-corrected chi connectivity index (χ0v) is 9.86. The maximum absolute atomic E-state index is 10.4. The van der Waals surface area contributed by atoms with E-state index in [1.54, 1.807) is 6.07 Å². The van der Waals surface area contributed by atoms with Crippen LogP contribution in [0.4, 0.5) is 11.5 Å². The van der Waals surface area contributed by atoms with Crippen LogP contribution in [0.3, 0.4) is 0 Å². The first-order valence-corrected chi connectivity index (χ1v) is 5.23. The molecule has 1 rings (SSSR count). The molecule has 0 radical (unpaired) electrons. The number of nitrogens with zero attached hydrogens (tertiary/aromatic N) is 2. The molecule has 0 saturated heterocycles. The molecule has 0 unspecified atom stereocenters. The first-order chi connectivity index (χ1) is 7.38. The van der Waals surface area contributed by atoms with Crippen LogP contribution in [-0.2, 0) is 0 Å². The lowest BCUT2D eigenvalue weighted by atomic mass is 9.92. The highest BCUT2D eigenvalue weighted by molar-refractivity contribution is 5.43. The summed E-state index contributed by atoms with van der Waals surface area (Å²) in [6.07, 6.45) is 2.52. The van der Waals surface area contributed by atoms with Gasteiger partial charge in [-0.15, -0.1) is 0 Å². The number of rotatable bonds is 4. The Morgan fingerprint density at radius 2 is 2.12 bits per heavy atom. The van der Waals surface area contributed by atoms with E-state index in [1.807, 2.05) is 0 Å². The van der Waals surface area contributed by atoms with Crippen LogP contribution < -0.4 is 5.32 Å². The summed E-state index contributed by atoms with van der Waals surface area (Å²) in [6, 6.07) is 3.08. The number of pyridine rings is 1. The molecule has 1 aromatic heterocycles. The van der Waals surface area contributed by atoms with Crippen LogP contribution >= 0.6 is 0 Å². The Hall–Kier alpha value is -1.65. The van der Waals surface area contributed by atoms with E-state index in [4.69, 9.17) is 0 Å². The number of nitrogens with one attached hydrogen (secondary N) is 1. The normalized spacial score (nSPS) is 11.2. The second kappa shape index (κ2) is 4.92. The number of nitro groups is 1. The molecular weight excluding hydrogens is 206 g/mol. The van der Waals surface area contributed by atoms with Gasteiger partial charge in [0.05, 0.1) is 5.69 Å². The van der Waals surface area contributed by atoms with Crippen molar-refractivity contribution < 1.29 is 4.92 Å². The zero-order chi connectivity index (χ0) is 12.2. The van der Waals surface area contributed by atoms with Crippen LogP contribution in [0, 0.1) is 15.5 Å². The molecule has 1 N–H and O–H groups in total. The van der Waals surface area contributed by atoms with Gasteiger partial charge in [0, 0.05) is 12.6 Å². The average molecular weight is 223 g/mol. The molecule has 1 heterocycles. The summed E-state index contributed by atoms with van der Waals surface area (Å²) in [5, 5.41) is 13.6. The molecule has 16 heavy (non-hydrogen) atoms. The fourth-order valence-electron chi connectivity index (χ4n) is 1.18. The minimum Gasteiger partial charge on any atom is -0.382 e. The number of aromatic nitrogens is 1. The minimum atomic E-state index is -0.501. The van der Waals surface area contributed by atoms with E-state index < -0.39 is 4.92 Å². The van der Waals surface area contributed by atoms with Crippen LogP contribution in [0.1, 0.15) is 27.2 Å². The van der Waals surface area contributed by atoms with E-state index in [0.29, 0.717) is 0 Å². The van der Waals surface area contributed by atoms with Crippen molar-refractivity contribution >= 4 is 11.5 Å². The lowest BCUT2D eigenvalue weighted by molar-refractivity contribution is -0.389. The quantitative estimate of drug-likeness (QED) is 0.629. The number of anilines is 1. The van der Waals surface area contributed by atoms with Crippen molar-refractivity contribution in [1.29, 1.82) is 0 Å². The minimum absolute atomic E-state index is 0.124. The molecule has 5 heteroatoms. The number of hydrogen-bond donors (Lipinski definition) is 1. The Bertz CT molecular complexity index is 354. The van der Waals surface area contributed by atoms with Gasteiger partial charge in [-0.3, -0.25) is 0 Å². The Balaban J connectivity index is 2.47. The van der Waals surface area contributed by atoms with Crippen molar-refractivity contribution in [2.24, 2.45) is 5.41 Å². The van der Waals surface area contributed by atoms with Gasteiger partial charge in [0.25, 0.3) is 0 Å². The van der Waals surface area contributed by atoms with Crippen molar-refractivity contribution in [3.63, 3.8) is 0 Å². The summed E-state index contributed by atoms with van der Waals surface area (Å²) in [5.41, 5.74) is 1.09. The van der Waals surface area contributed by atoms with E-state index in [1.165, 1.54) is 12.3 Å². The SMILES string of the molecule is CC(C)(C)CCNc1ccc([N+](=O)[O-])nc1. The summed E-state index contributed by atoms with van der Waals surface area (Å²) in [4.78, 5) is 13.6. The molecule has 0 saturated carbocycles. The van der Waals surface area contributed by atoms with Gasteiger partial charge in [0.1, 0.15) is 0 Å². The van der Waals surface area contributed by atoms with Crippen molar-refractivity contribution in [2.45, 2.75) is 27.2 Å². The lowest BCUT2D eigenvalue weighted by Crippen LogP contribution is -2.12. The molecule has 0 bridgehead atoms. The fourth-order valence-corrected chi connectivity index (χ4v) is 1.18. The van der Waals surface area contributed by atoms with Crippen molar-refractivity contribution in [1.82, 2.24) is 4.98 Å². The van der Waals surface area contributed by atoms with E-state index in [9.17, 15) is 10.1 Å². The molecule has 0 fully saturated rings. The molecule has 1 aromatic rings. The van der Waals surface area contributed by atoms with Crippen LogP contribution in [0.25, 0.3) is 0 Å². The Morgan fingerprint density at radius 3 is 2.56 bits per heavy atom. The highest BCUT2D eigenvalue weighted by Gasteiger charge is 2.10. The Morgan fingerprint density at radius 1 is 1.44 bits per heavy atom. The average Bonchev–Trinajstić information content (AvgIpc) is 2.16. The molecule has 5 nitrogen and oxygen atoms in total. The van der Waals surface area contributed by atoms with Crippen LogP contribution in [0.5, 0.6) is 0 Å². The van der Waals surface area contributed by atoms with Crippen LogP contribution in [0.2, 0.25) is 0 Å². The third-order valence-electron chi connectivity index (χ3n) is 2.14. The highest BCUT2D eigenvalue weighted by atomic mass is 16.6. The van der Waals surface area contributed by atoms with Gasteiger partial charge in [0.15, 0.2) is 6.20 Å². The molecule has 0 aliphatic heterocycles. The molecule has 0 aliphatic rings. The maximum atomic E-state index is 10.4. The first kappa shape index (κ1) is 12.4. The summed E-state index contributed by atoms with van der Waals surface area (Å²) >= 11 is 0.